The summed E-state index contributed by atoms with van der Waals surface area (Å²) in [4.78, 5) is 16.3. The molecule has 0 atom stereocenters. The molecule has 1 amide bonds. The van der Waals surface area contributed by atoms with Crippen LogP contribution in [0.2, 0.25) is 5.02 Å². The van der Waals surface area contributed by atoms with E-state index in [0.717, 1.165) is 24.8 Å². The van der Waals surface area contributed by atoms with E-state index < -0.39 is 5.60 Å². The van der Waals surface area contributed by atoms with Crippen molar-refractivity contribution in [3.05, 3.63) is 35.2 Å². The predicted molar refractivity (Wildman–Crippen MR) is 89.2 cm³/mol. The lowest BCUT2D eigenvalue weighted by Crippen LogP contribution is -2.38. The third kappa shape index (κ3) is 4.33. The normalized spacial score (nSPS) is 16.8. The van der Waals surface area contributed by atoms with Crippen molar-refractivity contribution in [3.8, 4) is 11.4 Å². The third-order valence-corrected chi connectivity index (χ3v) is 4.50. The molecule has 1 heterocycles. The van der Waals surface area contributed by atoms with Gasteiger partial charge in [-0.3, -0.25) is 4.79 Å². The molecule has 0 unspecified atom stereocenters. The van der Waals surface area contributed by atoms with Crippen LogP contribution in [0.3, 0.4) is 0 Å². The Morgan fingerprint density at radius 3 is 2.88 bits per heavy atom. The second kappa shape index (κ2) is 7.32. The summed E-state index contributed by atoms with van der Waals surface area (Å²) in [5.74, 6) is 0.531. The Morgan fingerprint density at radius 2 is 2.12 bits per heavy atom. The van der Waals surface area contributed by atoms with Crippen molar-refractivity contribution in [1.82, 2.24) is 15.5 Å². The molecule has 1 fully saturated rings. The lowest BCUT2D eigenvalue weighted by molar-refractivity contribution is -0.127. The monoisotopic (exact) mass is 349 g/mol. The second-order valence-corrected chi connectivity index (χ2v) is 6.70. The third-order valence-electron chi connectivity index (χ3n) is 4.26. The maximum Gasteiger partial charge on any atom is 0.246 e. The van der Waals surface area contributed by atoms with Gasteiger partial charge in [0.2, 0.25) is 17.6 Å². The zero-order valence-electron chi connectivity index (χ0n) is 13.3. The van der Waals surface area contributed by atoms with Gasteiger partial charge >= 0.3 is 0 Å². The van der Waals surface area contributed by atoms with Gasteiger partial charge in [-0.25, -0.2) is 0 Å². The van der Waals surface area contributed by atoms with E-state index in [2.05, 4.69) is 15.5 Å². The number of benzene rings is 1. The molecule has 1 saturated carbocycles. The summed E-state index contributed by atoms with van der Waals surface area (Å²) >= 11 is 5.94. The average molecular weight is 350 g/mol. The molecule has 1 aliphatic carbocycles. The van der Waals surface area contributed by atoms with E-state index >= 15 is 0 Å². The van der Waals surface area contributed by atoms with E-state index in [-0.39, 0.29) is 18.9 Å². The van der Waals surface area contributed by atoms with Crippen LogP contribution in [0.5, 0.6) is 0 Å². The maximum absolute atomic E-state index is 12.0. The number of aromatic nitrogens is 2. The lowest BCUT2D eigenvalue weighted by Gasteiger charge is -2.31. The van der Waals surface area contributed by atoms with E-state index in [4.69, 9.17) is 16.1 Å². The Bertz CT molecular complexity index is 711. The van der Waals surface area contributed by atoms with Crippen LogP contribution in [0.1, 0.15) is 44.4 Å². The summed E-state index contributed by atoms with van der Waals surface area (Å²) in [7, 11) is 0. The molecule has 6 nitrogen and oxygen atoms in total. The van der Waals surface area contributed by atoms with Crippen molar-refractivity contribution in [3.63, 3.8) is 0 Å². The number of carbonyl (C=O) groups is 1. The molecule has 7 heteroatoms. The number of nitrogens with one attached hydrogen (secondary N) is 1. The van der Waals surface area contributed by atoms with Crippen LogP contribution in [-0.4, -0.2) is 26.8 Å². The Kier molecular flexibility index (Phi) is 5.16. The van der Waals surface area contributed by atoms with Gasteiger partial charge in [-0.2, -0.15) is 4.98 Å². The van der Waals surface area contributed by atoms with Gasteiger partial charge in [0.25, 0.3) is 0 Å². The molecule has 1 aromatic heterocycles. The molecule has 1 aromatic carbocycles. The summed E-state index contributed by atoms with van der Waals surface area (Å²) in [6, 6.07) is 7.15. The number of nitrogens with zero attached hydrogens (tertiary/aromatic N) is 2. The minimum absolute atomic E-state index is 0.113. The Morgan fingerprint density at radius 1 is 1.33 bits per heavy atom. The standard InChI is InChI=1S/C17H20ClN3O3/c18-13-6-4-5-12(9-13)16-20-15(24-21-16)11-19-14(22)10-17(23)7-2-1-3-8-17/h4-6,9,23H,1-3,7-8,10-11H2,(H,19,22). The Labute approximate surface area is 145 Å². The molecule has 0 spiro atoms. The van der Waals surface area contributed by atoms with Crippen LogP contribution in [0.15, 0.2) is 28.8 Å². The summed E-state index contributed by atoms with van der Waals surface area (Å²) in [5.41, 5.74) is -0.122. The average Bonchev–Trinajstić information content (AvgIpc) is 3.02. The number of halogens is 1. The van der Waals surface area contributed by atoms with Crippen molar-refractivity contribution in [2.45, 2.75) is 50.7 Å². The van der Waals surface area contributed by atoms with Crippen molar-refractivity contribution >= 4 is 17.5 Å². The summed E-state index contributed by atoms with van der Waals surface area (Å²) in [6.45, 7) is 0.141. The largest absolute Gasteiger partial charge is 0.389 e. The maximum atomic E-state index is 12.0. The van der Waals surface area contributed by atoms with E-state index in [1.54, 1.807) is 18.2 Å². The number of amides is 1. The smallest absolute Gasteiger partial charge is 0.246 e. The number of hydrogen-bond acceptors (Lipinski definition) is 5. The van der Waals surface area contributed by atoms with Gasteiger partial charge in [-0.05, 0) is 25.0 Å². The highest BCUT2D eigenvalue weighted by molar-refractivity contribution is 6.30. The zero-order valence-corrected chi connectivity index (χ0v) is 14.1. The first-order valence-corrected chi connectivity index (χ1v) is 8.49. The topological polar surface area (TPSA) is 88.2 Å². The van der Waals surface area contributed by atoms with E-state index in [1.807, 2.05) is 6.07 Å². The van der Waals surface area contributed by atoms with Gasteiger partial charge in [0.05, 0.1) is 18.6 Å². The Hall–Kier alpha value is -1.92. The number of aliphatic hydroxyl groups is 1. The highest BCUT2D eigenvalue weighted by atomic mass is 35.5. The zero-order chi connectivity index (χ0) is 17.0. The molecule has 0 aliphatic heterocycles. The molecule has 2 aromatic rings. The second-order valence-electron chi connectivity index (χ2n) is 6.26. The Balaban J connectivity index is 1.54. The molecule has 1 aliphatic rings. The summed E-state index contributed by atoms with van der Waals surface area (Å²) < 4.78 is 5.14. The fourth-order valence-electron chi connectivity index (χ4n) is 2.99. The molecule has 24 heavy (non-hydrogen) atoms. The molecule has 0 saturated heterocycles. The van der Waals surface area contributed by atoms with E-state index in [9.17, 15) is 9.90 Å². The fourth-order valence-corrected chi connectivity index (χ4v) is 3.18. The number of carbonyl (C=O) groups excluding carboxylic acids is 1. The van der Waals surface area contributed by atoms with Crippen LogP contribution >= 0.6 is 11.6 Å². The summed E-state index contributed by atoms with van der Waals surface area (Å²) in [6.07, 6.45) is 4.53. The van der Waals surface area contributed by atoms with E-state index in [0.29, 0.717) is 29.6 Å². The van der Waals surface area contributed by atoms with Crippen molar-refractivity contribution < 1.29 is 14.4 Å². The number of rotatable bonds is 5. The predicted octanol–water partition coefficient (Wildman–Crippen LogP) is 3.09. The van der Waals surface area contributed by atoms with Gasteiger partial charge in [0.15, 0.2) is 0 Å². The van der Waals surface area contributed by atoms with Crippen LogP contribution in [0, 0.1) is 0 Å². The van der Waals surface area contributed by atoms with Gasteiger partial charge < -0.3 is 14.9 Å². The fraction of sp³-hybridized carbons (Fsp3) is 0.471. The molecule has 0 bridgehead atoms. The van der Waals surface area contributed by atoms with Crippen LogP contribution in [0.4, 0.5) is 0 Å². The van der Waals surface area contributed by atoms with Gasteiger partial charge in [0.1, 0.15) is 0 Å². The molecular formula is C17H20ClN3O3. The first kappa shape index (κ1) is 16.9. The van der Waals surface area contributed by atoms with Crippen molar-refractivity contribution in [2.24, 2.45) is 0 Å². The quantitative estimate of drug-likeness (QED) is 0.866. The van der Waals surface area contributed by atoms with Crippen LogP contribution in [0.25, 0.3) is 11.4 Å². The minimum atomic E-state index is -0.872. The van der Waals surface area contributed by atoms with Crippen molar-refractivity contribution in [1.29, 1.82) is 0 Å². The highest BCUT2D eigenvalue weighted by Gasteiger charge is 2.31. The van der Waals surface area contributed by atoms with E-state index in [1.165, 1.54) is 0 Å². The molecule has 0 radical (unpaired) electrons. The molecule has 3 rings (SSSR count). The highest BCUT2D eigenvalue weighted by Crippen LogP contribution is 2.30. The lowest BCUT2D eigenvalue weighted by atomic mass is 9.82. The van der Waals surface area contributed by atoms with Gasteiger partial charge in [0, 0.05) is 10.6 Å². The molecule has 128 valence electrons. The number of hydrogen-bond donors (Lipinski definition) is 2. The first-order valence-electron chi connectivity index (χ1n) is 8.12. The van der Waals surface area contributed by atoms with Gasteiger partial charge in [-0.1, -0.05) is 48.2 Å². The molecular weight excluding hydrogens is 330 g/mol. The summed E-state index contributed by atoms with van der Waals surface area (Å²) in [5, 5.41) is 17.6. The minimum Gasteiger partial charge on any atom is -0.389 e. The van der Waals surface area contributed by atoms with Crippen LogP contribution in [-0.2, 0) is 11.3 Å². The first-order chi connectivity index (χ1) is 11.5. The van der Waals surface area contributed by atoms with Crippen LogP contribution < -0.4 is 5.32 Å². The molecule has 2 N–H and O–H groups in total. The SMILES string of the molecule is O=C(CC1(O)CCCCC1)NCc1nc(-c2cccc(Cl)c2)no1. The van der Waals surface area contributed by atoms with Gasteiger partial charge in [-0.15, -0.1) is 0 Å². The van der Waals surface area contributed by atoms with Crippen molar-refractivity contribution in [2.75, 3.05) is 0 Å².